The van der Waals surface area contributed by atoms with Gasteiger partial charge in [-0.15, -0.1) is 0 Å². The van der Waals surface area contributed by atoms with Gasteiger partial charge in [0.25, 0.3) is 0 Å². The second-order valence-electron chi connectivity index (χ2n) is 4.50. The fourth-order valence-corrected chi connectivity index (χ4v) is 4.34. The van der Waals surface area contributed by atoms with E-state index in [1.165, 1.54) is 0 Å². The summed E-state index contributed by atoms with van der Waals surface area (Å²) in [6.45, 7) is 3.33. The highest BCUT2D eigenvalue weighted by atomic mass is 79.9. The lowest BCUT2D eigenvalue weighted by Crippen LogP contribution is -2.28. The summed E-state index contributed by atoms with van der Waals surface area (Å²) in [4.78, 5) is 0.301. The van der Waals surface area contributed by atoms with Crippen LogP contribution in [-0.2, 0) is 10.0 Å². The van der Waals surface area contributed by atoms with E-state index < -0.39 is 10.0 Å². The van der Waals surface area contributed by atoms with Gasteiger partial charge in [-0.2, -0.15) is 4.31 Å². The van der Waals surface area contributed by atoms with Crippen molar-refractivity contribution in [2.24, 2.45) is 5.92 Å². The molecule has 100 valence electrons. The summed E-state index contributed by atoms with van der Waals surface area (Å²) in [7, 11) is -3.38. The highest BCUT2D eigenvalue weighted by Crippen LogP contribution is 2.30. The maximum Gasteiger partial charge on any atom is 0.243 e. The molecule has 1 aliphatic heterocycles. The molecule has 6 heteroatoms. The zero-order chi connectivity index (χ0) is 13.3. The number of benzene rings is 1. The largest absolute Gasteiger partial charge is 0.243 e. The van der Waals surface area contributed by atoms with Gasteiger partial charge in [0, 0.05) is 17.6 Å². The van der Waals surface area contributed by atoms with Gasteiger partial charge in [-0.25, -0.2) is 8.42 Å². The van der Waals surface area contributed by atoms with Gasteiger partial charge in [0.15, 0.2) is 0 Å². The third-order valence-corrected chi connectivity index (χ3v) is 6.43. The second kappa shape index (κ2) is 5.49. The van der Waals surface area contributed by atoms with Crippen molar-refractivity contribution in [1.29, 1.82) is 0 Å². The molecule has 18 heavy (non-hydrogen) atoms. The Balaban J connectivity index is 2.28. The van der Waals surface area contributed by atoms with Gasteiger partial charge in [-0.1, -0.05) is 24.9 Å². The summed E-state index contributed by atoms with van der Waals surface area (Å²) in [5, 5.41) is 0.516. The number of sulfonamides is 1. The number of hydrogen-bond acceptors (Lipinski definition) is 2. The average Bonchev–Trinajstić information content (AvgIpc) is 2.81. The van der Waals surface area contributed by atoms with E-state index >= 15 is 0 Å². The Kier molecular flexibility index (Phi) is 4.36. The minimum absolute atomic E-state index is 0.301. The van der Waals surface area contributed by atoms with Gasteiger partial charge >= 0.3 is 0 Å². The first-order valence-corrected chi connectivity index (χ1v) is 8.51. The molecule has 1 aliphatic rings. The molecule has 0 aliphatic carbocycles. The minimum Gasteiger partial charge on any atom is -0.207 e. The van der Waals surface area contributed by atoms with E-state index in [2.05, 4.69) is 22.9 Å². The molecule has 0 amide bonds. The van der Waals surface area contributed by atoms with Crippen LogP contribution < -0.4 is 0 Å². The van der Waals surface area contributed by atoms with Gasteiger partial charge < -0.3 is 0 Å². The van der Waals surface area contributed by atoms with E-state index in [-0.39, 0.29) is 0 Å². The van der Waals surface area contributed by atoms with Crippen LogP contribution in [-0.4, -0.2) is 25.8 Å². The lowest BCUT2D eigenvalue weighted by Gasteiger charge is -2.16. The molecule has 3 nitrogen and oxygen atoms in total. The molecule has 1 unspecified atom stereocenters. The lowest BCUT2D eigenvalue weighted by atomic mass is 10.1. The quantitative estimate of drug-likeness (QED) is 0.834. The summed E-state index contributed by atoms with van der Waals surface area (Å²) in [6.07, 6.45) is 1.97. The van der Waals surface area contributed by atoms with Crippen LogP contribution in [0.5, 0.6) is 0 Å². The Hall–Kier alpha value is -0.100. The molecular formula is C12H15BrClNO2S. The molecule has 1 atom stereocenters. The maximum absolute atomic E-state index is 12.4. The second-order valence-corrected chi connectivity index (χ2v) is 7.70. The Bertz CT molecular complexity index is 547. The SMILES string of the molecule is CCC1CCN(S(=O)(=O)c2ccc(Cl)c(Br)c2)C1. The number of hydrogen-bond donors (Lipinski definition) is 0. The molecule has 1 fully saturated rings. The Morgan fingerprint density at radius 1 is 1.50 bits per heavy atom. The molecule has 0 bridgehead atoms. The molecule has 0 radical (unpaired) electrons. The van der Waals surface area contributed by atoms with Crippen LogP contribution in [0.2, 0.25) is 5.02 Å². The highest BCUT2D eigenvalue weighted by Gasteiger charge is 2.31. The maximum atomic E-state index is 12.4. The van der Waals surface area contributed by atoms with Gasteiger partial charge in [-0.3, -0.25) is 0 Å². The summed E-state index contributed by atoms with van der Waals surface area (Å²) < 4.78 is 27.0. The standard InChI is InChI=1S/C12H15BrClNO2S/c1-2-9-5-6-15(8-9)18(16,17)10-3-4-12(14)11(13)7-10/h3-4,7,9H,2,5-6,8H2,1H3. The first-order chi connectivity index (χ1) is 8.45. The predicted octanol–water partition coefficient (Wildman–Crippen LogP) is 3.52. The molecule has 0 aromatic heterocycles. The van der Waals surface area contributed by atoms with E-state index in [4.69, 9.17) is 11.6 Å². The van der Waals surface area contributed by atoms with Crippen molar-refractivity contribution >= 4 is 37.6 Å². The van der Waals surface area contributed by atoms with E-state index in [0.717, 1.165) is 12.8 Å². The third-order valence-electron chi connectivity index (χ3n) is 3.35. The Morgan fingerprint density at radius 3 is 2.78 bits per heavy atom. The van der Waals surface area contributed by atoms with E-state index in [0.29, 0.717) is 33.4 Å². The van der Waals surface area contributed by atoms with Crippen molar-refractivity contribution in [3.8, 4) is 0 Å². The Labute approximate surface area is 121 Å². The number of nitrogens with zero attached hydrogens (tertiary/aromatic N) is 1. The molecule has 1 aromatic carbocycles. The molecule has 0 saturated carbocycles. The van der Waals surface area contributed by atoms with Crippen LogP contribution in [0.1, 0.15) is 19.8 Å². The molecule has 2 rings (SSSR count). The molecule has 1 saturated heterocycles. The minimum atomic E-state index is -3.38. The zero-order valence-corrected chi connectivity index (χ0v) is 13.2. The third kappa shape index (κ3) is 2.74. The van der Waals surface area contributed by atoms with Crippen molar-refractivity contribution < 1.29 is 8.42 Å². The molecule has 0 N–H and O–H groups in total. The first kappa shape index (κ1) is 14.3. The predicted molar refractivity (Wildman–Crippen MR) is 76.3 cm³/mol. The van der Waals surface area contributed by atoms with E-state index in [9.17, 15) is 8.42 Å². The summed E-state index contributed by atoms with van der Waals surface area (Å²) in [6, 6.07) is 4.73. The van der Waals surface area contributed by atoms with Crippen LogP contribution >= 0.6 is 27.5 Å². The summed E-state index contributed by atoms with van der Waals surface area (Å²) in [5.41, 5.74) is 0. The van der Waals surface area contributed by atoms with Crippen LogP contribution in [0.4, 0.5) is 0 Å². The van der Waals surface area contributed by atoms with Crippen molar-refractivity contribution in [1.82, 2.24) is 4.31 Å². The zero-order valence-electron chi connectivity index (χ0n) is 10.1. The van der Waals surface area contributed by atoms with Gasteiger partial charge in [0.1, 0.15) is 0 Å². The molecular weight excluding hydrogens is 338 g/mol. The average molecular weight is 353 g/mol. The lowest BCUT2D eigenvalue weighted by molar-refractivity contribution is 0.453. The van der Waals surface area contributed by atoms with Gasteiger partial charge in [0.2, 0.25) is 10.0 Å². The monoisotopic (exact) mass is 351 g/mol. The fourth-order valence-electron chi connectivity index (χ4n) is 2.14. The van der Waals surface area contributed by atoms with Crippen LogP contribution in [0.3, 0.4) is 0 Å². The van der Waals surface area contributed by atoms with Crippen LogP contribution in [0.25, 0.3) is 0 Å². The fraction of sp³-hybridized carbons (Fsp3) is 0.500. The first-order valence-electron chi connectivity index (χ1n) is 5.90. The molecule has 1 heterocycles. The van der Waals surface area contributed by atoms with E-state index in [1.807, 2.05) is 0 Å². The van der Waals surface area contributed by atoms with Crippen molar-refractivity contribution in [2.45, 2.75) is 24.7 Å². The van der Waals surface area contributed by atoms with Gasteiger partial charge in [-0.05, 0) is 46.5 Å². The molecule has 0 spiro atoms. The van der Waals surface area contributed by atoms with Gasteiger partial charge in [0.05, 0.1) is 9.92 Å². The topological polar surface area (TPSA) is 37.4 Å². The molecule has 1 aromatic rings. The smallest absolute Gasteiger partial charge is 0.207 e. The van der Waals surface area contributed by atoms with Crippen molar-refractivity contribution in [3.63, 3.8) is 0 Å². The number of halogens is 2. The van der Waals surface area contributed by atoms with Crippen LogP contribution in [0, 0.1) is 5.92 Å². The van der Waals surface area contributed by atoms with Crippen molar-refractivity contribution in [3.05, 3.63) is 27.7 Å². The summed E-state index contributed by atoms with van der Waals surface area (Å²) in [5.74, 6) is 0.482. The summed E-state index contributed by atoms with van der Waals surface area (Å²) >= 11 is 9.14. The normalized spacial score (nSPS) is 21.4. The highest BCUT2D eigenvalue weighted by molar-refractivity contribution is 9.10. The van der Waals surface area contributed by atoms with E-state index in [1.54, 1.807) is 22.5 Å². The van der Waals surface area contributed by atoms with Crippen molar-refractivity contribution in [2.75, 3.05) is 13.1 Å². The number of rotatable bonds is 3. The van der Waals surface area contributed by atoms with Crippen LogP contribution in [0.15, 0.2) is 27.6 Å². The Morgan fingerprint density at radius 2 is 2.22 bits per heavy atom.